The van der Waals surface area contributed by atoms with Crippen molar-refractivity contribution >= 4 is 23.8 Å². The van der Waals surface area contributed by atoms with Gasteiger partial charge in [-0.2, -0.15) is 0 Å². The number of urea groups is 1. The fourth-order valence-electron chi connectivity index (χ4n) is 1.63. The fourth-order valence-corrected chi connectivity index (χ4v) is 1.63. The number of rotatable bonds is 5. The van der Waals surface area contributed by atoms with Gasteiger partial charge in [-0.15, -0.1) is 0 Å². The summed E-state index contributed by atoms with van der Waals surface area (Å²) in [6.45, 7) is 7.06. The van der Waals surface area contributed by atoms with Crippen molar-refractivity contribution in [2.45, 2.75) is 33.3 Å². The lowest BCUT2D eigenvalue weighted by molar-refractivity contribution is -0.131. The molecule has 0 fully saturated rings. The van der Waals surface area contributed by atoms with Crippen molar-refractivity contribution in [3.05, 3.63) is 24.3 Å². The van der Waals surface area contributed by atoms with Crippen LogP contribution in [0.3, 0.4) is 0 Å². The molecule has 0 unspecified atom stereocenters. The van der Waals surface area contributed by atoms with Crippen molar-refractivity contribution in [2.75, 3.05) is 18.4 Å². The monoisotopic (exact) mass is 337 g/mol. The van der Waals surface area contributed by atoms with Gasteiger partial charge in [0.25, 0.3) is 0 Å². The van der Waals surface area contributed by atoms with Crippen LogP contribution in [0.2, 0.25) is 0 Å². The molecule has 0 heterocycles. The molecule has 0 aromatic heterocycles. The highest BCUT2D eigenvalue weighted by atomic mass is 16.6. The SMILES string of the molecule is CC(=O)Oc1cccc(NC(=O)NCCNC(=O)OC(C)(C)C)c1. The van der Waals surface area contributed by atoms with Gasteiger partial charge in [0.2, 0.25) is 0 Å². The molecule has 8 heteroatoms. The number of hydrogen-bond donors (Lipinski definition) is 3. The van der Waals surface area contributed by atoms with Crippen molar-refractivity contribution < 1.29 is 23.9 Å². The minimum atomic E-state index is -0.568. The number of esters is 1. The van der Waals surface area contributed by atoms with Crippen LogP contribution < -0.4 is 20.7 Å². The summed E-state index contributed by atoms with van der Waals surface area (Å²) in [4.78, 5) is 34.1. The standard InChI is InChI=1S/C16H23N3O5/c1-11(20)23-13-7-5-6-12(10-13)19-14(21)17-8-9-18-15(22)24-16(2,3)4/h5-7,10H,8-9H2,1-4H3,(H,18,22)(H2,17,19,21). The first-order valence-electron chi connectivity index (χ1n) is 7.46. The Balaban J connectivity index is 2.32. The first-order valence-corrected chi connectivity index (χ1v) is 7.46. The molecule has 0 atom stereocenters. The summed E-state index contributed by atoms with van der Waals surface area (Å²) in [5, 5.41) is 7.71. The van der Waals surface area contributed by atoms with Crippen molar-refractivity contribution in [1.82, 2.24) is 10.6 Å². The molecule has 0 aliphatic heterocycles. The molecule has 3 N–H and O–H groups in total. The third-order valence-electron chi connectivity index (χ3n) is 2.43. The molecule has 3 amide bonds. The number of benzene rings is 1. The van der Waals surface area contributed by atoms with Crippen molar-refractivity contribution in [3.8, 4) is 5.75 Å². The number of carbonyl (C=O) groups excluding carboxylic acids is 3. The highest BCUT2D eigenvalue weighted by Gasteiger charge is 2.15. The largest absolute Gasteiger partial charge is 0.444 e. The maximum absolute atomic E-state index is 11.7. The number of hydrogen-bond acceptors (Lipinski definition) is 5. The summed E-state index contributed by atoms with van der Waals surface area (Å²) in [6.07, 6.45) is -0.543. The van der Waals surface area contributed by atoms with E-state index < -0.39 is 23.7 Å². The van der Waals surface area contributed by atoms with Crippen LogP contribution in [0.5, 0.6) is 5.75 Å². The molecule has 8 nitrogen and oxygen atoms in total. The maximum Gasteiger partial charge on any atom is 0.407 e. The number of anilines is 1. The average molecular weight is 337 g/mol. The number of carbonyl (C=O) groups is 3. The van der Waals surface area contributed by atoms with Gasteiger partial charge in [0.05, 0.1) is 0 Å². The Morgan fingerprint density at radius 3 is 2.38 bits per heavy atom. The van der Waals surface area contributed by atoms with E-state index in [1.807, 2.05) is 0 Å². The van der Waals surface area contributed by atoms with E-state index >= 15 is 0 Å². The molecule has 24 heavy (non-hydrogen) atoms. The van der Waals surface area contributed by atoms with Gasteiger partial charge in [0, 0.05) is 31.8 Å². The Bertz CT molecular complexity index is 596. The predicted octanol–water partition coefficient (Wildman–Crippen LogP) is 2.26. The summed E-state index contributed by atoms with van der Waals surface area (Å²) in [7, 11) is 0. The first-order chi connectivity index (χ1) is 11.2. The molecule has 0 aliphatic carbocycles. The van der Waals surface area contributed by atoms with E-state index in [1.165, 1.54) is 13.0 Å². The molecule has 0 aliphatic rings. The van der Waals surface area contributed by atoms with Crippen LogP contribution in [-0.2, 0) is 9.53 Å². The van der Waals surface area contributed by atoms with E-state index in [9.17, 15) is 14.4 Å². The molecule has 132 valence electrons. The first kappa shape index (κ1) is 19.3. The van der Waals surface area contributed by atoms with E-state index in [4.69, 9.17) is 9.47 Å². The second-order valence-corrected chi connectivity index (χ2v) is 5.93. The number of nitrogens with one attached hydrogen (secondary N) is 3. The summed E-state index contributed by atoms with van der Waals surface area (Å²) >= 11 is 0. The third-order valence-corrected chi connectivity index (χ3v) is 2.43. The van der Waals surface area contributed by atoms with E-state index in [-0.39, 0.29) is 13.1 Å². The van der Waals surface area contributed by atoms with Crippen LogP contribution in [0.25, 0.3) is 0 Å². The molecule has 0 bridgehead atoms. The molecule has 0 spiro atoms. The lowest BCUT2D eigenvalue weighted by Gasteiger charge is -2.19. The van der Waals surface area contributed by atoms with Gasteiger partial charge in [-0.3, -0.25) is 4.79 Å². The minimum Gasteiger partial charge on any atom is -0.444 e. The van der Waals surface area contributed by atoms with Crippen LogP contribution in [-0.4, -0.2) is 36.8 Å². The molecule has 1 rings (SSSR count). The Morgan fingerprint density at radius 2 is 1.75 bits per heavy atom. The average Bonchev–Trinajstić information content (AvgIpc) is 2.41. The zero-order chi connectivity index (χ0) is 18.2. The second-order valence-electron chi connectivity index (χ2n) is 5.93. The van der Waals surface area contributed by atoms with Crippen molar-refractivity contribution in [3.63, 3.8) is 0 Å². The van der Waals surface area contributed by atoms with Gasteiger partial charge in [-0.1, -0.05) is 6.07 Å². The smallest absolute Gasteiger partial charge is 0.407 e. The zero-order valence-corrected chi connectivity index (χ0v) is 14.3. The van der Waals surface area contributed by atoms with Crippen LogP contribution in [0, 0.1) is 0 Å². The van der Waals surface area contributed by atoms with Crippen molar-refractivity contribution in [2.24, 2.45) is 0 Å². The van der Waals surface area contributed by atoms with Gasteiger partial charge >= 0.3 is 18.1 Å². The fraction of sp³-hybridized carbons (Fsp3) is 0.438. The van der Waals surface area contributed by atoms with Gasteiger partial charge in [0.1, 0.15) is 11.4 Å². The van der Waals surface area contributed by atoms with Gasteiger partial charge in [0.15, 0.2) is 0 Å². The minimum absolute atomic E-state index is 0.231. The van der Waals surface area contributed by atoms with Gasteiger partial charge < -0.3 is 25.4 Å². The normalized spacial score (nSPS) is 10.5. The van der Waals surface area contributed by atoms with Crippen LogP contribution >= 0.6 is 0 Å². The summed E-state index contributed by atoms with van der Waals surface area (Å²) < 4.78 is 9.99. The van der Waals surface area contributed by atoms with E-state index in [0.717, 1.165) is 0 Å². The summed E-state index contributed by atoms with van der Waals surface area (Å²) in [5.74, 6) is -0.100. The number of ether oxygens (including phenoxy) is 2. The van der Waals surface area contributed by atoms with Gasteiger partial charge in [-0.05, 0) is 32.9 Å². The summed E-state index contributed by atoms with van der Waals surface area (Å²) in [5.41, 5.74) is -0.0895. The Labute approximate surface area is 140 Å². The van der Waals surface area contributed by atoms with E-state index in [1.54, 1.807) is 39.0 Å². The Morgan fingerprint density at radius 1 is 1.08 bits per heavy atom. The molecule has 1 aromatic carbocycles. The van der Waals surface area contributed by atoms with Crippen molar-refractivity contribution in [1.29, 1.82) is 0 Å². The Kier molecular flexibility index (Phi) is 7.03. The molecular weight excluding hydrogens is 314 g/mol. The van der Waals surface area contributed by atoms with Crippen LogP contribution in [0.1, 0.15) is 27.7 Å². The molecular formula is C16H23N3O5. The highest BCUT2D eigenvalue weighted by Crippen LogP contribution is 2.17. The lowest BCUT2D eigenvalue weighted by Crippen LogP contribution is -2.39. The molecule has 0 radical (unpaired) electrons. The maximum atomic E-state index is 11.7. The quantitative estimate of drug-likeness (QED) is 0.434. The second kappa shape index (κ2) is 8.76. The summed E-state index contributed by atoms with van der Waals surface area (Å²) in [6, 6.07) is 6.00. The van der Waals surface area contributed by atoms with Gasteiger partial charge in [-0.25, -0.2) is 9.59 Å². The van der Waals surface area contributed by atoms with E-state index in [2.05, 4.69) is 16.0 Å². The molecule has 1 aromatic rings. The highest BCUT2D eigenvalue weighted by molar-refractivity contribution is 5.89. The third kappa shape index (κ3) is 8.62. The predicted molar refractivity (Wildman–Crippen MR) is 89.0 cm³/mol. The number of amides is 3. The topological polar surface area (TPSA) is 106 Å². The zero-order valence-electron chi connectivity index (χ0n) is 14.3. The lowest BCUT2D eigenvalue weighted by atomic mass is 10.2. The molecule has 0 saturated heterocycles. The Hall–Kier alpha value is -2.77. The molecule has 0 saturated carbocycles. The van der Waals surface area contributed by atoms with Crippen LogP contribution in [0.15, 0.2) is 24.3 Å². The van der Waals surface area contributed by atoms with Crippen LogP contribution in [0.4, 0.5) is 15.3 Å². The number of alkyl carbamates (subject to hydrolysis) is 1. The van der Waals surface area contributed by atoms with E-state index in [0.29, 0.717) is 11.4 Å².